The van der Waals surface area contributed by atoms with Crippen molar-refractivity contribution in [2.24, 2.45) is 0 Å². The van der Waals surface area contributed by atoms with E-state index >= 15 is 0 Å². The van der Waals surface area contributed by atoms with E-state index in [1.165, 1.54) is 13.0 Å². The Labute approximate surface area is 113 Å². The predicted molar refractivity (Wildman–Crippen MR) is 66.2 cm³/mol. The molecule has 1 aromatic rings. The number of carbonyl (C=O) groups is 1. The number of anilines is 1. The number of benzene rings is 1. The van der Waals surface area contributed by atoms with E-state index < -0.39 is 23.8 Å². The topological polar surface area (TPSA) is 38.3 Å². The molecule has 0 spiro atoms. The van der Waals surface area contributed by atoms with Gasteiger partial charge in [-0.3, -0.25) is 0 Å². The van der Waals surface area contributed by atoms with Crippen molar-refractivity contribution in [1.29, 1.82) is 0 Å². The van der Waals surface area contributed by atoms with Gasteiger partial charge in [-0.2, -0.15) is 13.2 Å². The van der Waals surface area contributed by atoms with Gasteiger partial charge in [0.2, 0.25) is 0 Å². The van der Waals surface area contributed by atoms with Gasteiger partial charge in [-0.05, 0) is 32.0 Å². The van der Waals surface area contributed by atoms with E-state index in [9.17, 15) is 18.0 Å². The third kappa shape index (κ3) is 4.31. The second-order valence-corrected chi connectivity index (χ2v) is 4.22. The summed E-state index contributed by atoms with van der Waals surface area (Å²) in [5, 5.41) is 2.59. The molecule has 1 aromatic carbocycles. The van der Waals surface area contributed by atoms with Crippen LogP contribution in [-0.2, 0) is 15.7 Å². The predicted octanol–water partition coefficient (Wildman–Crippen LogP) is 3.72. The van der Waals surface area contributed by atoms with Crippen molar-refractivity contribution in [3.63, 3.8) is 0 Å². The third-order valence-electron chi connectivity index (χ3n) is 2.31. The summed E-state index contributed by atoms with van der Waals surface area (Å²) in [4.78, 5) is 11.4. The molecule has 0 saturated heterocycles. The molecule has 1 rings (SSSR count). The number of hydrogen-bond acceptors (Lipinski definition) is 3. The molecule has 0 heterocycles. The van der Waals surface area contributed by atoms with Gasteiger partial charge in [0.1, 0.15) is 6.04 Å². The van der Waals surface area contributed by atoms with Gasteiger partial charge in [0.25, 0.3) is 0 Å². The van der Waals surface area contributed by atoms with E-state index in [0.717, 1.165) is 12.1 Å². The fourth-order valence-corrected chi connectivity index (χ4v) is 1.60. The van der Waals surface area contributed by atoms with Crippen LogP contribution < -0.4 is 5.32 Å². The number of alkyl halides is 3. The lowest BCUT2D eigenvalue weighted by atomic mass is 10.2. The van der Waals surface area contributed by atoms with Gasteiger partial charge in [-0.15, -0.1) is 0 Å². The summed E-state index contributed by atoms with van der Waals surface area (Å²) in [6, 6.07) is 2.18. The second-order valence-electron chi connectivity index (χ2n) is 3.81. The lowest BCUT2D eigenvalue weighted by Crippen LogP contribution is -2.28. The van der Waals surface area contributed by atoms with Gasteiger partial charge < -0.3 is 10.1 Å². The number of carbonyl (C=O) groups excluding carboxylic acids is 1. The molecule has 0 aliphatic heterocycles. The Morgan fingerprint density at radius 2 is 2.11 bits per heavy atom. The van der Waals surface area contributed by atoms with Crippen LogP contribution in [0.5, 0.6) is 0 Å². The quantitative estimate of drug-likeness (QED) is 0.860. The fraction of sp³-hybridized carbons (Fsp3) is 0.417. The first-order valence-corrected chi connectivity index (χ1v) is 5.93. The number of nitrogens with one attached hydrogen (secondary N) is 1. The molecule has 0 aromatic heterocycles. The van der Waals surface area contributed by atoms with E-state index in [1.807, 2.05) is 0 Å². The molecule has 7 heteroatoms. The lowest BCUT2D eigenvalue weighted by Gasteiger charge is -2.16. The van der Waals surface area contributed by atoms with Gasteiger partial charge in [0, 0.05) is 0 Å². The molecule has 0 bridgehead atoms. The monoisotopic (exact) mass is 295 g/mol. The molecule has 3 nitrogen and oxygen atoms in total. The zero-order valence-electron chi connectivity index (χ0n) is 10.3. The highest BCUT2D eigenvalue weighted by atomic mass is 35.5. The molecular weight excluding hydrogens is 283 g/mol. The highest BCUT2D eigenvalue weighted by molar-refractivity contribution is 6.33. The Morgan fingerprint density at radius 3 is 2.58 bits per heavy atom. The minimum atomic E-state index is -4.45. The summed E-state index contributed by atoms with van der Waals surface area (Å²) in [5.74, 6) is -0.501. The van der Waals surface area contributed by atoms with Crippen LogP contribution in [0.3, 0.4) is 0 Å². The Bertz CT molecular complexity index is 463. The molecule has 0 aliphatic carbocycles. The number of esters is 1. The first-order chi connectivity index (χ1) is 8.75. The number of ether oxygens (including phenoxy) is 1. The van der Waals surface area contributed by atoms with Crippen molar-refractivity contribution in [1.82, 2.24) is 0 Å². The SMILES string of the molecule is CCOC(=O)C(C)Nc1ccc(C(F)(F)F)cc1Cl. The Balaban J connectivity index is 2.83. The summed E-state index contributed by atoms with van der Waals surface area (Å²) in [6.45, 7) is 3.42. The molecule has 0 saturated carbocycles. The van der Waals surface area contributed by atoms with Crippen molar-refractivity contribution < 1.29 is 22.7 Å². The minimum absolute atomic E-state index is 0.106. The fourth-order valence-electron chi connectivity index (χ4n) is 1.37. The van der Waals surface area contributed by atoms with E-state index in [1.54, 1.807) is 6.92 Å². The molecule has 106 valence electrons. The van der Waals surface area contributed by atoms with Crippen LogP contribution in [0.15, 0.2) is 18.2 Å². The number of halogens is 4. The summed E-state index contributed by atoms with van der Waals surface area (Å²) in [6.07, 6.45) is -4.45. The molecule has 0 radical (unpaired) electrons. The van der Waals surface area contributed by atoms with Crippen molar-refractivity contribution in [3.05, 3.63) is 28.8 Å². The Hall–Kier alpha value is -1.43. The molecule has 0 aliphatic rings. The van der Waals surface area contributed by atoms with Crippen LogP contribution in [0.1, 0.15) is 19.4 Å². The lowest BCUT2D eigenvalue weighted by molar-refractivity contribution is -0.143. The van der Waals surface area contributed by atoms with E-state index in [2.05, 4.69) is 5.32 Å². The Morgan fingerprint density at radius 1 is 1.47 bits per heavy atom. The van der Waals surface area contributed by atoms with Gasteiger partial charge in [0.15, 0.2) is 0 Å². The van der Waals surface area contributed by atoms with Crippen LogP contribution in [-0.4, -0.2) is 18.6 Å². The summed E-state index contributed by atoms with van der Waals surface area (Å²) in [7, 11) is 0. The second kappa shape index (κ2) is 6.14. The minimum Gasteiger partial charge on any atom is -0.464 e. The van der Waals surface area contributed by atoms with E-state index in [0.29, 0.717) is 0 Å². The normalized spacial score (nSPS) is 12.9. The number of rotatable bonds is 4. The Kier molecular flexibility index (Phi) is 5.05. The maximum atomic E-state index is 12.4. The largest absolute Gasteiger partial charge is 0.464 e. The van der Waals surface area contributed by atoms with Gasteiger partial charge in [0.05, 0.1) is 22.9 Å². The van der Waals surface area contributed by atoms with Crippen molar-refractivity contribution >= 4 is 23.3 Å². The molecule has 1 atom stereocenters. The van der Waals surface area contributed by atoms with Crippen LogP contribution in [0.2, 0.25) is 5.02 Å². The van der Waals surface area contributed by atoms with Crippen LogP contribution in [0.25, 0.3) is 0 Å². The summed E-state index contributed by atoms with van der Waals surface area (Å²) < 4.78 is 42.1. The van der Waals surface area contributed by atoms with Crippen LogP contribution in [0, 0.1) is 0 Å². The highest BCUT2D eigenvalue weighted by Crippen LogP contribution is 2.33. The van der Waals surface area contributed by atoms with E-state index in [4.69, 9.17) is 16.3 Å². The molecule has 1 unspecified atom stereocenters. The van der Waals surface area contributed by atoms with Crippen molar-refractivity contribution in [3.8, 4) is 0 Å². The molecule has 1 N–H and O–H groups in total. The van der Waals surface area contributed by atoms with Gasteiger partial charge >= 0.3 is 12.1 Å². The zero-order chi connectivity index (χ0) is 14.6. The highest BCUT2D eigenvalue weighted by Gasteiger charge is 2.31. The smallest absolute Gasteiger partial charge is 0.416 e. The number of hydrogen-bond donors (Lipinski definition) is 1. The average Bonchev–Trinajstić information content (AvgIpc) is 2.30. The maximum absolute atomic E-state index is 12.4. The molecule has 0 amide bonds. The summed E-state index contributed by atoms with van der Waals surface area (Å²) in [5.41, 5.74) is -0.595. The molecule has 19 heavy (non-hydrogen) atoms. The zero-order valence-corrected chi connectivity index (χ0v) is 11.1. The van der Waals surface area contributed by atoms with Crippen LogP contribution >= 0.6 is 11.6 Å². The molecular formula is C12H13ClF3NO2. The standard InChI is InChI=1S/C12H13ClF3NO2/c1-3-19-11(18)7(2)17-10-5-4-8(6-9(10)13)12(14,15)16/h4-7,17H,3H2,1-2H3. The first-order valence-electron chi connectivity index (χ1n) is 5.55. The maximum Gasteiger partial charge on any atom is 0.416 e. The van der Waals surface area contributed by atoms with E-state index in [-0.39, 0.29) is 17.3 Å². The van der Waals surface area contributed by atoms with Crippen LogP contribution in [0.4, 0.5) is 18.9 Å². The first kappa shape index (κ1) is 15.6. The van der Waals surface area contributed by atoms with Gasteiger partial charge in [-0.1, -0.05) is 11.6 Å². The van der Waals surface area contributed by atoms with Crippen molar-refractivity contribution in [2.75, 3.05) is 11.9 Å². The third-order valence-corrected chi connectivity index (χ3v) is 2.62. The van der Waals surface area contributed by atoms with Crippen molar-refractivity contribution in [2.45, 2.75) is 26.1 Å². The molecule has 0 fully saturated rings. The summed E-state index contributed by atoms with van der Waals surface area (Å²) >= 11 is 5.75. The van der Waals surface area contributed by atoms with Gasteiger partial charge in [-0.25, -0.2) is 4.79 Å². The average molecular weight is 296 g/mol.